The lowest BCUT2D eigenvalue weighted by molar-refractivity contribution is -0.385. The zero-order valence-electron chi connectivity index (χ0n) is 14.7. The van der Waals surface area contributed by atoms with Gasteiger partial charge in [0, 0.05) is 16.5 Å². The summed E-state index contributed by atoms with van der Waals surface area (Å²) in [5, 5.41) is 13.3. The van der Waals surface area contributed by atoms with Crippen LogP contribution in [-0.4, -0.2) is 22.8 Å². The van der Waals surface area contributed by atoms with Crippen molar-refractivity contribution in [2.45, 2.75) is 13.1 Å². The fourth-order valence-electron chi connectivity index (χ4n) is 2.81. The number of carbonyl (C=O) groups is 1. The van der Waals surface area contributed by atoms with Crippen molar-refractivity contribution in [3.05, 3.63) is 92.2 Å². The topological polar surface area (TPSA) is 72.7 Å². The molecule has 0 bridgehead atoms. The van der Waals surface area contributed by atoms with Gasteiger partial charge in [-0.25, -0.2) is 0 Å². The molecule has 0 saturated heterocycles. The standard InChI is InChI=1S/C20H18N2O4S/c1-26-19-11-5-2-7-15(19)13-21(14-16-8-6-12-27-16)20(23)17-9-3-4-10-18(17)22(24)25/h2-12H,13-14H2,1H3. The highest BCUT2D eigenvalue weighted by molar-refractivity contribution is 7.09. The van der Waals surface area contributed by atoms with Crippen molar-refractivity contribution < 1.29 is 14.5 Å². The van der Waals surface area contributed by atoms with Crippen LogP contribution in [0.1, 0.15) is 20.8 Å². The SMILES string of the molecule is COc1ccccc1CN(Cc1cccs1)C(=O)c1ccccc1[N+](=O)[O-]. The molecule has 7 heteroatoms. The summed E-state index contributed by atoms with van der Waals surface area (Å²) < 4.78 is 5.39. The van der Waals surface area contributed by atoms with E-state index >= 15 is 0 Å². The highest BCUT2D eigenvalue weighted by atomic mass is 32.1. The zero-order chi connectivity index (χ0) is 19.2. The third kappa shape index (κ3) is 4.32. The van der Waals surface area contributed by atoms with Crippen molar-refractivity contribution in [2.75, 3.05) is 7.11 Å². The summed E-state index contributed by atoms with van der Waals surface area (Å²) >= 11 is 1.54. The Bertz CT molecular complexity index is 941. The van der Waals surface area contributed by atoms with Gasteiger partial charge in [-0.3, -0.25) is 14.9 Å². The van der Waals surface area contributed by atoms with Crippen LogP contribution in [0.5, 0.6) is 5.75 Å². The monoisotopic (exact) mass is 382 g/mol. The smallest absolute Gasteiger partial charge is 0.282 e. The average molecular weight is 382 g/mol. The number of nitrogens with zero attached hydrogens (tertiary/aromatic N) is 2. The quantitative estimate of drug-likeness (QED) is 0.445. The van der Waals surface area contributed by atoms with Gasteiger partial charge in [-0.1, -0.05) is 36.4 Å². The molecule has 0 aliphatic heterocycles. The molecule has 2 aromatic carbocycles. The van der Waals surface area contributed by atoms with E-state index in [-0.39, 0.29) is 23.7 Å². The van der Waals surface area contributed by atoms with E-state index in [1.807, 2.05) is 41.8 Å². The zero-order valence-corrected chi connectivity index (χ0v) is 15.5. The Morgan fingerprint density at radius 3 is 2.52 bits per heavy atom. The van der Waals surface area contributed by atoms with Crippen molar-refractivity contribution in [3.8, 4) is 5.75 Å². The predicted molar refractivity (Wildman–Crippen MR) is 104 cm³/mol. The van der Waals surface area contributed by atoms with Crippen molar-refractivity contribution in [2.24, 2.45) is 0 Å². The van der Waals surface area contributed by atoms with Gasteiger partial charge in [0.25, 0.3) is 11.6 Å². The molecule has 1 heterocycles. The number of benzene rings is 2. The number of thiophene rings is 1. The van der Waals surface area contributed by atoms with Crippen molar-refractivity contribution >= 4 is 22.9 Å². The van der Waals surface area contributed by atoms with Crippen LogP contribution in [0.15, 0.2) is 66.0 Å². The van der Waals surface area contributed by atoms with Crippen molar-refractivity contribution in [1.82, 2.24) is 4.90 Å². The summed E-state index contributed by atoms with van der Waals surface area (Å²) in [5.41, 5.74) is 0.719. The van der Waals surface area contributed by atoms with Gasteiger partial charge in [0.15, 0.2) is 0 Å². The minimum absolute atomic E-state index is 0.0777. The Balaban J connectivity index is 1.97. The summed E-state index contributed by atoms with van der Waals surface area (Å²) in [6, 6.07) is 17.3. The van der Waals surface area contributed by atoms with E-state index in [2.05, 4.69) is 0 Å². The van der Waals surface area contributed by atoms with Crippen LogP contribution in [0.25, 0.3) is 0 Å². The molecule has 0 saturated carbocycles. The van der Waals surface area contributed by atoms with Crippen LogP contribution >= 0.6 is 11.3 Å². The van der Waals surface area contributed by atoms with Gasteiger partial charge in [-0.2, -0.15) is 0 Å². The summed E-state index contributed by atoms with van der Waals surface area (Å²) in [6.45, 7) is 0.646. The largest absolute Gasteiger partial charge is 0.496 e. The minimum Gasteiger partial charge on any atom is -0.496 e. The molecule has 0 fully saturated rings. The van der Waals surface area contributed by atoms with Crippen LogP contribution in [0.4, 0.5) is 5.69 Å². The number of hydrogen-bond acceptors (Lipinski definition) is 5. The number of ether oxygens (including phenoxy) is 1. The fraction of sp³-hybridized carbons (Fsp3) is 0.150. The average Bonchev–Trinajstić information content (AvgIpc) is 3.20. The van der Waals surface area contributed by atoms with Gasteiger partial charge in [0.1, 0.15) is 11.3 Å². The third-order valence-corrected chi connectivity index (χ3v) is 4.96. The van der Waals surface area contributed by atoms with Gasteiger partial charge < -0.3 is 9.64 Å². The molecule has 138 valence electrons. The minimum atomic E-state index is -0.528. The van der Waals surface area contributed by atoms with Crippen molar-refractivity contribution in [3.63, 3.8) is 0 Å². The maximum atomic E-state index is 13.2. The van der Waals surface area contributed by atoms with Gasteiger partial charge in [-0.15, -0.1) is 11.3 Å². The number of nitro benzene ring substituents is 1. The maximum absolute atomic E-state index is 13.2. The lowest BCUT2D eigenvalue weighted by Gasteiger charge is -2.23. The number of para-hydroxylation sites is 2. The Morgan fingerprint density at radius 2 is 1.81 bits per heavy atom. The van der Waals surface area contributed by atoms with E-state index in [0.717, 1.165) is 10.4 Å². The predicted octanol–water partition coefficient (Wildman–Crippen LogP) is 4.51. The molecule has 0 radical (unpaired) electrons. The molecule has 0 aliphatic rings. The van der Waals surface area contributed by atoms with Gasteiger partial charge in [0.05, 0.1) is 25.1 Å². The molecular formula is C20H18N2O4S. The number of nitro groups is 1. The normalized spacial score (nSPS) is 10.4. The Hall–Kier alpha value is -3.19. The first kappa shape index (κ1) is 18.6. The molecule has 0 spiro atoms. The van der Waals surface area contributed by atoms with E-state index in [4.69, 9.17) is 4.74 Å². The fourth-order valence-corrected chi connectivity index (χ4v) is 3.53. The van der Waals surface area contributed by atoms with E-state index in [9.17, 15) is 14.9 Å². The summed E-state index contributed by atoms with van der Waals surface area (Å²) in [7, 11) is 1.58. The molecule has 3 rings (SSSR count). The molecule has 3 aromatic rings. The number of carbonyl (C=O) groups excluding carboxylic acids is 1. The van der Waals surface area contributed by atoms with Gasteiger partial charge in [-0.05, 0) is 23.6 Å². The first-order chi connectivity index (χ1) is 13.1. The van der Waals surface area contributed by atoms with E-state index in [1.54, 1.807) is 24.1 Å². The van der Waals surface area contributed by atoms with E-state index in [0.29, 0.717) is 12.3 Å². The summed E-state index contributed by atoms with van der Waals surface area (Å²) in [6.07, 6.45) is 0. The Morgan fingerprint density at radius 1 is 1.07 bits per heavy atom. The van der Waals surface area contributed by atoms with Crippen LogP contribution in [0.3, 0.4) is 0 Å². The molecular weight excluding hydrogens is 364 g/mol. The lowest BCUT2D eigenvalue weighted by Crippen LogP contribution is -2.30. The van der Waals surface area contributed by atoms with Crippen LogP contribution in [0, 0.1) is 10.1 Å². The first-order valence-corrected chi connectivity index (χ1v) is 9.15. The molecule has 1 aromatic heterocycles. The van der Waals surface area contributed by atoms with E-state index in [1.165, 1.54) is 23.5 Å². The molecule has 0 aliphatic carbocycles. The second-order valence-corrected chi connectivity index (χ2v) is 6.86. The first-order valence-electron chi connectivity index (χ1n) is 8.27. The van der Waals surface area contributed by atoms with Crippen LogP contribution in [0.2, 0.25) is 0 Å². The molecule has 0 atom stereocenters. The molecule has 0 unspecified atom stereocenters. The van der Waals surface area contributed by atoms with Crippen molar-refractivity contribution in [1.29, 1.82) is 0 Å². The Labute approximate surface area is 160 Å². The molecule has 27 heavy (non-hydrogen) atoms. The molecule has 0 N–H and O–H groups in total. The van der Waals surface area contributed by atoms with Crippen LogP contribution < -0.4 is 4.74 Å². The number of amides is 1. The Kier molecular flexibility index (Phi) is 5.83. The highest BCUT2D eigenvalue weighted by Crippen LogP contribution is 2.25. The second kappa shape index (κ2) is 8.46. The lowest BCUT2D eigenvalue weighted by atomic mass is 10.1. The number of rotatable bonds is 7. The number of hydrogen-bond donors (Lipinski definition) is 0. The van der Waals surface area contributed by atoms with Crippen LogP contribution in [-0.2, 0) is 13.1 Å². The third-order valence-electron chi connectivity index (χ3n) is 4.10. The maximum Gasteiger partial charge on any atom is 0.282 e. The van der Waals surface area contributed by atoms with Gasteiger partial charge in [0.2, 0.25) is 0 Å². The molecule has 1 amide bonds. The van der Waals surface area contributed by atoms with Gasteiger partial charge >= 0.3 is 0 Å². The summed E-state index contributed by atoms with van der Waals surface area (Å²) in [4.78, 5) is 26.6. The highest BCUT2D eigenvalue weighted by Gasteiger charge is 2.25. The summed E-state index contributed by atoms with van der Waals surface area (Å²) in [5.74, 6) is 0.283. The number of methoxy groups -OCH3 is 1. The molecule has 6 nitrogen and oxygen atoms in total. The van der Waals surface area contributed by atoms with E-state index < -0.39 is 4.92 Å². The second-order valence-electron chi connectivity index (χ2n) is 5.83.